The highest BCUT2D eigenvalue weighted by Crippen LogP contribution is 2.26. The quantitative estimate of drug-likeness (QED) is 0.312. The van der Waals surface area contributed by atoms with E-state index in [-0.39, 0.29) is 12.4 Å². The van der Waals surface area contributed by atoms with Crippen LogP contribution < -0.4 is 4.74 Å². The van der Waals surface area contributed by atoms with E-state index in [1.165, 1.54) is 0 Å². The van der Waals surface area contributed by atoms with Gasteiger partial charge >= 0.3 is 11.9 Å². The molecular formula is C26H21ClO4. The Balaban J connectivity index is 1.54. The highest BCUT2D eigenvalue weighted by Gasteiger charge is 2.12. The third-order valence-corrected chi connectivity index (χ3v) is 4.88. The Morgan fingerprint density at radius 2 is 1.35 bits per heavy atom. The van der Waals surface area contributed by atoms with E-state index < -0.39 is 11.9 Å². The number of carbonyl (C=O) groups excluding carboxylic acids is 2. The SMILES string of the molecule is C=Cc1ccc(C(=O)OCCc2ccc(OC(=O)c3ccc(C=C)cc3)c(Cl)c2)cc1. The number of benzene rings is 3. The normalized spacial score (nSPS) is 10.2. The fraction of sp³-hybridized carbons (Fsp3) is 0.0769. The molecule has 0 atom stereocenters. The van der Waals surface area contributed by atoms with E-state index in [1.807, 2.05) is 0 Å². The lowest BCUT2D eigenvalue weighted by molar-refractivity contribution is 0.0508. The average Bonchev–Trinajstić information content (AvgIpc) is 2.80. The average molecular weight is 433 g/mol. The first-order valence-corrected chi connectivity index (χ1v) is 10.0. The van der Waals surface area contributed by atoms with Crippen molar-refractivity contribution in [1.82, 2.24) is 0 Å². The van der Waals surface area contributed by atoms with Gasteiger partial charge in [-0.3, -0.25) is 0 Å². The molecule has 0 heterocycles. The second-order valence-corrected chi connectivity index (χ2v) is 7.10. The van der Waals surface area contributed by atoms with E-state index in [1.54, 1.807) is 78.9 Å². The molecule has 156 valence electrons. The smallest absolute Gasteiger partial charge is 0.343 e. The van der Waals surface area contributed by atoms with Crippen LogP contribution in [0.25, 0.3) is 12.2 Å². The second kappa shape index (κ2) is 10.4. The van der Waals surface area contributed by atoms with E-state index in [4.69, 9.17) is 21.1 Å². The number of hydrogen-bond acceptors (Lipinski definition) is 4. The molecule has 3 rings (SSSR count). The van der Waals surface area contributed by atoms with Crippen LogP contribution >= 0.6 is 11.6 Å². The molecule has 0 amide bonds. The Labute approximate surface area is 186 Å². The van der Waals surface area contributed by atoms with Gasteiger partial charge in [0.15, 0.2) is 0 Å². The van der Waals surface area contributed by atoms with Crippen molar-refractivity contribution in [1.29, 1.82) is 0 Å². The van der Waals surface area contributed by atoms with Gasteiger partial charge in [-0.25, -0.2) is 9.59 Å². The molecule has 0 saturated carbocycles. The number of ether oxygens (including phenoxy) is 2. The molecule has 4 nitrogen and oxygen atoms in total. The third kappa shape index (κ3) is 5.93. The summed E-state index contributed by atoms with van der Waals surface area (Å²) in [5.74, 6) is -0.626. The highest BCUT2D eigenvalue weighted by molar-refractivity contribution is 6.32. The summed E-state index contributed by atoms with van der Waals surface area (Å²) in [7, 11) is 0. The number of carbonyl (C=O) groups is 2. The lowest BCUT2D eigenvalue weighted by Gasteiger charge is -2.09. The molecule has 0 spiro atoms. The molecule has 0 aliphatic heterocycles. The van der Waals surface area contributed by atoms with E-state index in [9.17, 15) is 9.59 Å². The Bertz CT molecular complexity index is 1100. The molecule has 3 aromatic carbocycles. The fourth-order valence-corrected chi connectivity index (χ4v) is 3.04. The van der Waals surface area contributed by atoms with Crippen LogP contribution in [0, 0.1) is 0 Å². The summed E-state index contributed by atoms with van der Waals surface area (Å²) in [6, 6.07) is 19.0. The van der Waals surface area contributed by atoms with Crippen molar-refractivity contribution < 1.29 is 19.1 Å². The molecule has 0 unspecified atom stereocenters. The Kier molecular flexibility index (Phi) is 7.41. The Morgan fingerprint density at radius 1 is 0.806 bits per heavy atom. The zero-order valence-corrected chi connectivity index (χ0v) is 17.6. The van der Waals surface area contributed by atoms with Gasteiger partial charge in [0.25, 0.3) is 0 Å². The molecule has 5 heteroatoms. The van der Waals surface area contributed by atoms with Crippen LogP contribution in [0.2, 0.25) is 5.02 Å². The molecule has 3 aromatic rings. The molecule has 0 aliphatic carbocycles. The minimum atomic E-state index is -0.498. The standard InChI is InChI=1S/C26H21ClO4/c1-3-18-5-10-21(11-6-18)25(28)30-16-15-20-9-14-24(23(27)17-20)31-26(29)22-12-7-19(4-2)8-13-22/h3-14,17H,1-2,15-16H2. The zero-order valence-electron chi connectivity index (χ0n) is 16.8. The lowest BCUT2D eigenvalue weighted by atomic mass is 10.1. The zero-order chi connectivity index (χ0) is 22.2. The summed E-state index contributed by atoms with van der Waals surface area (Å²) in [6.45, 7) is 7.56. The minimum Gasteiger partial charge on any atom is -0.462 e. The van der Waals surface area contributed by atoms with Crippen molar-refractivity contribution >= 4 is 35.7 Å². The topological polar surface area (TPSA) is 52.6 Å². The van der Waals surface area contributed by atoms with Gasteiger partial charge in [0.2, 0.25) is 0 Å². The lowest BCUT2D eigenvalue weighted by Crippen LogP contribution is -2.09. The van der Waals surface area contributed by atoms with Crippen molar-refractivity contribution in [3.8, 4) is 5.75 Å². The summed E-state index contributed by atoms with van der Waals surface area (Å²) in [4.78, 5) is 24.4. The molecule has 0 aromatic heterocycles. The summed E-state index contributed by atoms with van der Waals surface area (Å²) in [5.41, 5.74) is 3.59. The van der Waals surface area contributed by atoms with E-state index >= 15 is 0 Å². The van der Waals surface area contributed by atoms with Gasteiger partial charge in [-0.1, -0.05) is 67.2 Å². The maximum absolute atomic E-state index is 12.3. The van der Waals surface area contributed by atoms with Gasteiger partial charge in [-0.2, -0.15) is 0 Å². The van der Waals surface area contributed by atoms with Gasteiger partial charge in [0, 0.05) is 6.42 Å². The fourth-order valence-electron chi connectivity index (χ4n) is 2.80. The van der Waals surface area contributed by atoms with Crippen LogP contribution in [-0.4, -0.2) is 18.5 Å². The number of hydrogen-bond donors (Lipinski definition) is 0. The summed E-state index contributed by atoms with van der Waals surface area (Å²) < 4.78 is 10.7. The predicted octanol–water partition coefficient (Wildman–Crippen LogP) is 6.24. The van der Waals surface area contributed by atoms with Crippen LogP contribution in [0.4, 0.5) is 0 Å². The number of esters is 2. The summed E-state index contributed by atoms with van der Waals surface area (Å²) in [5, 5.41) is 0.305. The van der Waals surface area contributed by atoms with Gasteiger partial charge < -0.3 is 9.47 Å². The van der Waals surface area contributed by atoms with Gasteiger partial charge in [-0.15, -0.1) is 0 Å². The molecular weight excluding hydrogens is 412 g/mol. The highest BCUT2D eigenvalue weighted by atomic mass is 35.5. The molecule has 0 fully saturated rings. The first-order chi connectivity index (χ1) is 15.0. The maximum atomic E-state index is 12.3. The van der Waals surface area contributed by atoms with Crippen LogP contribution in [0.15, 0.2) is 79.9 Å². The van der Waals surface area contributed by atoms with E-state index in [0.29, 0.717) is 22.6 Å². The van der Waals surface area contributed by atoms with E-state index in [0.717, 1.165) is 16.7 Å². The van der Waals surface area contributed by atoms with Gasteiger partial charge in [-0.05, 0) is 53.1 Å². The van der Waals surface area contributed by atoms with Crippen molar-refractivity contribution in [3.05, 3.63) is 113 Å². The monoisotopic (exact) mass is 432 g/mol. The van der Waals surface area contributed by atoms with E-state index in [2.05, 4.69) is 13.2 Å². The van der Waals surface area contributed by atoms with Crippen LogP contribution in [0.5, 0.6) is 5.75 Å². The predicted molar refractivity (Wildman–Crippen MR) is 123 cm³/mol. The first kappa shape index (κ1) is 22.1. The van der Waals surface area contributed by atoms with Crippen LogP contribution in [0.1, 0.15) is 37.4 Å². The Morgan fingerprint density at radius 3 is 1.87 bits per heavy atom. The Hall–Kier alpha value is -3.63. The van der Waals surface area contributed by atoms with Crippen molar-refractivity contribution in [2.75, 3.05) is 6.61 Å². The van der Waals surface area contributed by atoms with Crippen molar-refractivity contribution in [2.24, 2.45) is 0 Å². The largest absolute Gasteiger partial charge is 0.462 e. The van der Waals surface area contributed by atoms with Gasteiger partial charge in [0.1, 0.15) is 5.75 Å². The van der Waals surface area contributed by atoms with Crippen LogP contribution in [-0.2, 0) is 11.2 Å². The summed E-state index contributed by atoms with van der Waals surface area (Å²) >= 11 is 6.27. The first-order valence-electron chi connectivity index (χ1n) is 9.63. The molecule has 0 aliphatic rings. The van der Waals surface area contributed by atoms with Crippen molar-refractivity contribution in [2.45, 2.75) is 6.42 Å². The van der Waals surface area contributed by atoms with Crippen molar-refractivity contribution in [3.63, 3.8) is 0 Å². The minimum absolute atomic E-state index is 0.202. The summed E-state index contributed by atoms with van der Waals surface area (Å²) in [6.07, 6.45) is 3.88. The molecule has 0 radical (unpaired) electrons. The van der Waals surface area contributed by atoms with Crippen LogP contribution in [0.3, 0.4) is 0 Å². The van der Waals surface area contributed by atoms with Gasteiger partial charge in [0.05, 0.1) is 22.8 Å². The molecule has 0 bridgehead atoms. The second-order valence-electron chi connectivity index (χ2n) is 6.69. The third-order valence-electron chi connectivity index (χ3n) is 4.59. The number of rotatable bonds is 8. The number of halogens is 1. The maximum Gasteiger partial charge on any atom is 0.343 e. The molecule has 0 saturated heterocycles. The molecule has 31 heavy (non-hydrogen) atoms. The molecule has 0 N–H and O–H groups in total.